The Hall–Kier alpha value is -1.81. The molecule has 0 spiro atoms. The quantitative estimate of drug-likeness (QED) is 0.238. The zero-order valence-corrected chi connectivity index (χ0v) is 23.2. The second kappa shape index (κ2) is 12.6. The Morgan fingerprint density at radius 3 is 2.03 bits per heavy atom. The van der Waals surface area contributed by atoms with Crippen molar-refractivity contribution < 1.29 is 21.8 Å². The van der Waals surface area contributed by atoms with Crippen molar-refractivity contribution in [3.05, 3.63) is 120 Å². The zero-order valence-electron chi connectivity index (χ0n) is 19.1. The Balaban J connectivity index is 0.000000968. The van der Waals surface area contributed by atoms with Crippen molar-refractivity contribution in [3.63, 3.8) is 0 Å². The maximum atomic E-state index is 6.60. The molecule has 0 saturated carbocycles. The molecular formula is C28H27Cl2OSiTi. The summed E-state index contributed by atoms with van der Waals surface area (Å²) in [7, 11) is 7.80. The van der Waals surface area contributed by atoms with Crippen LogP contribution in [0.1, 0.15) is 16.7 Å². The van der Waals surface area contributed by atoms with E-state index in [0.29, 0.717) is 0 Å². The third kappa shape index (κ3) is 7.09. The molecule has 4 aromatic rings. The monoisotopic (exact) mass is 525 g/mol. The van der Waals surface area contributed by atoms with Crippen molar-refractivity contribution in [1.82, 2.24) is 0 Å². The van der Waals surface area contributed by atoms with E-state index in [1.54, 1.807) is 0 Å². The molecule has 0 heterocycles. The van der Waals surface area contributed by atoms with Crippen LogP contribution in [0.25, 0.3) is 0 Å². The van der Waals surface area contributed by atoms with Gasteiger partial charge in [-0.25, -0.2) is 0 Å². The number of hydrogen-bond donors (Lipinski definition) is 0. The normalized spacial score (nSPS) is 10.7. The molecule has 0 N–H and O–H groups in total. The van der Waals surface area contributed by atoms with Crippen LogP contribution in [0.4, 0.5) is 0 Å². The van der Waals surface area contributed by atoms with Gasteiger partial charge in [-0.3, -0.25) is 0 Å². The molecule has 0 bridgehead atoms. The third-order valence-electron chi connectivity index (χ3n) is 5.62. The van der Waals surface area contributed by atoms with Crippen LogP contribution < -0.4 is 15.1 Å². The Morgan fingerprint density at radius 2 is 1.42 bits per heavy atom. The summed E-state index contributed by atoms with van der Waals surface area (Å²) in [6.45, 7) is 7.00. The number of benzene rings is 4. The minimum atomic E-state index is -1.98. The van der Waals surface area contributed by atoms with Gasteiger partial charge in [-0.2, -0.15) is 0 Å². The molecule has 0 amide bonds. The van der Waals surface area contributed by atoms with E-state index < -0.39 is 25.1 Å². The molecule has 0 aliphatic carbocycles. The minimum absolute atomic E-state index is 0.556. The fourth-order valence-electron chi connectivity index (χ4n) is 3.95. The van der Waals surface area contributed by atoms with Crippen LogP contribution >= 0.6 is 18.6 Å². The first-order chi connectivity index (χ1) is 16.0. The van der Waals surface area contributed by atoms with Crippen LogP contribution in [-0.2, 0) is 23.5 Å². The van der Waals surface area contributed by atoms with Gasteiger partial charge in [0.25, 0.3) is 0 Å². The van der Waals surface area contributed by atoms with Crippen LogP contribution in [0.5, 0.6) is 11.5 Å². The molecule has 4 aromatic carbocycles. The number of ether oxygens (including phenoxy) is 1. The van der Waals surface area contributed by atoms with Gasteiger partial charge in [0.05, 0.1) is 0 Å². The summed E-state index contributed by atoms with van der Waals surface area (Å²) in [5.74, 6) is 1.89. The molecule has 1 radical (unpaired) electrons. The van der Waals surface area contributed by atoms with E-state index in [0.717, 1.165) is 17.9 Å². The molecule has 167 valence electrons. The van der Waals surface area contributed by atoms with Crippen molar-refractivity contribution in [3.8, 4) is 11.5 Å². The van der Waals surface area contributed by atoms with Crippen LogP contribution in [-0.4, -0.2) is 8.07 Å². The third-order valence-corrected chi connectivity index (χ3v) is 9.12. The molecule has 5 heteroatoms. The number of aryl methyl sites for hydroxylation is 1. The van der Waals surface area contributed by atoms with E-state index in [-0.39, 0.29) is 0 Å². The first-order valence-corrected chi connectivity index (χ1v) is 18.1. The Labute approximate surface area is 215 Å². The first kappa shape index (κ1) is 25.8. The predicted octanol–water partition coefficient (Wildman–Crippen LogP) is 7.38. The zero-order chi connectivity index (χ0) is 23.7. The SMILES string of the molecule is Cc1cc(Cc2ccccc2)c(Oc2ccccc2)c([Si](C)(C)c2cc[c]cc2)c1.[Cl][Ti][Cl]. The molecule has 33 heavy (non-hydrogen) atoms. The topological polar surface area (TPSA) is 9.23 Å². The average Bonchev–Trinajstić information content (AvgIpc) is 2.83. The molecule has 0 aliphatic heterocycles. The van der Waals surface area contributed by atoms with Gasteiger partial charge >= 0.3 is 35.6 Å². The molecule has 4 rings (SSSR count). The summed E-state index contributed by atoms with van der Waals surface area (Å²) in [6, 6.07) is 37.0. The molecule has 0 atom stereocenters. The molecular weight excluding hydrogens is 499 g/mol. The summed E-state index contributed by atoms with van der Waals surface area (Å²) in [4.78, 5) is 0. The number of rotatable bonds is 6. The second-order valence-electron chi connectivity index (χ2n) is 8.36. The predicted molar refractivity (Wildman–Crippen MR) is 141 cm³/mol. The summed E-state index contributed by atoms with van der Waals surface area (Å²) >= 11 is -0.556. The van der Waals surface area contributed by atoms with Crippen LogP contribution in [0.2, 0.25) is 13.1 Å². The molecule has 0 saturated heterocycles. The van der Waals surface area contributed by atoms with Crippen molar-refractivity contribution in [1.29, 1.82) is 0 Å². The van der Waals surface area contributed by atoms with Gasteiger partial charge in [0.1, 0.15) is 19.6 Å². The van der Waals surface area contributed by atoms with Crippen molar-refractivity contribution in [2.75, 3.05) is 0 Å². The van der Waals surface area contributed by atoms with Gasteiger partial charge in [0, 0.05) is 6.42 Å². The van der Waals surface area contributed by atoms with E-state index in [2.05, 4.69) is 80.7 Å². The van der Waals surface area contributed by atoms with Gasteiger partial charge in [-0.05, 0) is 41.4 Å². The number of para-hydroxylation sites is 1. The Morgan fingerprint density at radius 1 is 0.848 bits per heavy atom. The van der Waals surface area contributed by atoms with Crippen LogP contribution in [0, 0.1) is 13.0 Å². The van der Waals surface area contributed by atoms with Crippen LogP contribution in [0.15, 0.2) is 97.1 Å². The summed E-state index contributed by atoms with van der Waals surface area (Å²) in [6.07, 6.45) is 0.852. The Kier molecular flexibility index (Phi) is 9.85. The molecule has 0 unspecified atom stereocenters. The average molecular weight is 526 g/mol. The first-order valence-electron chi connectivity index (χ1n) is 10.8. The second-order valence-corrected chi connectivity index (χ2v) is 15.3. The van der Waals surface area contributed by atoms with Gasteiger partial charge < -0.3 is 4.74 Å². The van der Waals surface area contributed by atoms with Gasteiger partial charge in [0.15, 0.2) is 0 Å². The van der Waals surface area contributed by atoms with Crippen molar-refractivity contribution in [2.24, 2.45) is 0 Å². The molecule has 0 aromatic heterocycles. The van der Waals surface area contributed by atoms with E-state index in [4.69, 9.17) is 23.3 Å². The fraction of sp³-hybridized carbons (Fsp3) is 0.143. The maximum absolute atomic E-state index is 6.60. The number of halogens is 2. The van der Waals surface area contributed by atoms with Gasteiger partial charge in [-0.15, -0.1) is 0 Å². The summed E-state index contributed by atoms with van der Waals surface area (Å²) in [5.41, 5.74) is 3.81. The van der Waals surface area contributed by atoms with Gasteiger partial charge in [0.2, 0.25) is 0 Å². The van der Waals surface area contributed by atoms with Crippen LogP contribution in [0.3, 0.4) is 0 Å². The van der Waals surface area contributed by atoms with E-state index in [1.807, 2.05) is 42.5 Å². The molecule has 0 aliphatic rings. The van der Waals surface area contributed by atoms with E-state index >= 15 is 0 Å². The van der Waals surface area contributed by atoms with E-state index in [1.165, 1.54) is 27.1 Å². The molecule has 1 nitrogen and oxygen atoms in total. The van der Waals surface area contributed by atoms with Crippen molar-refractivity contribution in [2.45, 2.75) is 26.4 Å². The summed E-state index contributed by atoms with van der Waals surface area (Å²) < 4.78 is 6.60. The fourth-order valence-corrected chi connectivity index (χ4v) is 6.62. The molecule has 0 fully saturated rings. The standard InChI is InChI=1S/C28H27OSi.2ClH.Ti/c1-22-19-24(21-23-13-7-4-8-14-23)28(29-25-15-9-5-10-16-25)27(20-22)30(2,3)26-17-11-6-12-18-26;;;/h4-5,7-20H,21H2,1-3H3;2*1H;/q;;;+2/p-2. The number of hydrogen-bond acceptors (Lipinski definition) is 1. The van der Waals surface area contributed by atoms with E-state index in [9.17, 15) is 0 Å². The summed E-state index contributed by atoms with van der Waals surface area (Å²) in [5, 5.41) is 2.72. The Bertz CT molecular complexity index is 1140. The van der Waals surface area contributed by atoms with Gasteiger partial charge in [-0.1, -0.05) is 109 Å². The van der Waals surface area contributed by atoms with Crippen molar-refractivity contribution >= 4 is 37.1 Å².